The van der Waals surface area contributed by atoms with Gasteiger partial charge in [-0.25, -0.2) is 0 Å². The van der Waals surface area contributed by atoms with E-state index in [4.69, 9.17) is 0 Å². The van der Waals surface area contributed by atoms with Gasteiger partial charge in [0.05, 0.1) is 0 Å². The first-order valence-electron chi connectivity index (χ1n) is 10.6. The Morgan fingerprint density at radius 2 is 1.72 bits per heavy atom. The van der Waals surface area contributed by atoms with Crippen LogP contribution < -0.4 is 0 Å². The Hall–Kier alpha value is -2.41. The van der Waals surface area contributed by atoms with Crippen LogP contribution in [0.2, 0.25) is 0 Å². The fourth-order valence-electron chi connectivity index (χ4n) is 4.03. The number of nitrogens with zero attached hydrogens (tertiary/aromatic N) is 4. The Kier molecular flexibility index (Phi) is 7.25. The van der Waals surface area contributed by atoms with Crippen molar-refractivity contribution in [1.82, 2.24) is 19.6 Å². The third-order valence-electron chi connectivity index (χ3n) is 5.82. The summed E-state index contributed by atoms with van der Waals surface area (Å²) in [5, 5.41) is 0. The van der Waals surface area contributed by atoms with Crippen molar-refractivity contribution in [2.45, 2.75) is 32.2 Å². The minimum absolute atomic E-state index is 0.0883. The number of carbonyl (C=O) groups excluding carboxylic acids is 3. The van der Waals surface area contributed by atoms with Crippen LogP contribution in [0.25, 0.3) is 0 Å². The first kappa shape index (κ1) is 21.3. The Labute approximate surface area is 173 Å². The van der Waals surface area contributed by atoms with E-state index in [0.717, 1.165) is 37.9 Å². The van der Waals surface area contributed by atoms with Crippen LogP contribution >= 0.6 is 0 Å². The van der Waals surface area contributed by atoms with Crippen LogP contribution in [0.5, 0.6) is 0 Å². The maximum Gasteiger partial charge on any atom is 0.313 e. The van der Waals surface area contributed by atoms with Gasteiger partial charge in [0.1, 0.15) is 6.04 Å². The van der Waals surface area contributed by atoms with E-state index in [1.807, 2.05) is 35.2 Å². The molecule has 7 nitrogen and oxygen atoms in total. The molecule has 2 aliphatic rings. The topological polar surface area (TPSA) is 64.2 Å². The van der Waals surface area contributed by atoms with Gasteiger partial charge in [-0.1, -0.05) is 43.7 Å². The summed E-state index contributed by atoms with van der Waals surface area (Å²) in [6, 6.07) is 8.62. The van der Waals surface area contributed by atoms with Crippen LogP contribution in [-0.2, 0) is 14.4 Å². The summed E-state index contributed by atoms with van der Waals surface area (Å²) in [5.41, 5.74) is 0.762. The van der Waals surface area contributed by atoms with Crippen LogP contribution in [0.15, 0.2) is 30.3 Å². The molecule has 0 saturated carbocycles. The normalized spacial score (nSPS) is 20.0. The molecule has 29 heavy (non-hydrogen) atoms. The number of hydrogen-bond donors (Lipinski definition) is 0. The monoisotopic (exact) mass is 400 g/mol. The van der Waals surface area contributed by atoms with Gasteiger partial charge in [0.25, 0.3) is 0 Å². The molecule has 0 spiro atoms. The second kappa shape index (κ2) is 9.87. The fraction of sp³-hybridized carbons (Fsp3) is 0.591. The predicted molar refractivity (Wildman–Crippen MR) is 111 cm³/mol. The largest absolute Gasteiger partial charge is 0.339 e. The Bertz CT molecular complexity index is 724. The number of likely N-dealkylation sites (N-methyl/N-ethyl adjacent to an activating group) is 1. The van der Waals surface area contributed by atoms with E-state index in [9.17, 15) is 14.4 Å². The number of piperazine rings is 1. The summed E-state index contributed by atoms with van der Waals surface area (Å²) in [5.74, 6) is -1.15. The summed E-state index contributed by atoms with van der Waals surface area (Å²) in [4.78, 5) is 46.4. The molecular formula is C22H32N4O3. The van der Waals surface area contributed by atoms with Gasteiger partial charge in [0, 0.05) is 39.3 Å². The van der Waals surface area contributed by atoms with Gasteiger partial charge in [-0.2, -0.15) is 0 Å². The molecule has 3 amide bonds. The average Bonchev–Trinajstić information content (AvgIpc) is 2.96. The van der Waals surface area contributed by atoms with Crippen molar-refractivity contribution >= 4 is 17.7 Å². The Balaban J connectivity index is 1.84. The van der Waals surface area contributed by atoms with E-state index < -0.39 is 17.9 Å². The molecule has 0 bridgehead atoms. The minimum Gasteiger partial charge on any atom is -0.339 e. The quantitative estimate of drug-likeness (QED) is 0.677. The third-order valence-corrected chi connectivity index (χ3v) is 5.82. The lowest BCUT2D eigenvalue weighted by molar-refractivity contribution is -0.161. The zero-order chi connectivity index (χ0) is 20.8. The van der Waals surface area contributed by atoms with Crippen molar-refractivity contribution in [3.05, 3.63) is 35.9 Å². The SMILES string of the molecule is CCCCN1CCN(C(C(=O)N2CCCN(C)CC2)c2ccccc2)C(=O)C1=O. The number of benzene rings is 1. The first-order valence-corrected chi connectivity index (χ1v) is 10.6. The molecule has 2 fully saturated rings. The molecule has 1 atom stereocenters. The highest BCUT2D eigenvalue weighted by molar-refractivity contribution is 6.35. The molecule has 2 heterocycles. The summed E-state index contributed by atoms with van der Waals surface area (Å²) >= 11 is 0. The lowest BCUT2D eigenvalue weighted by Crippen LogP contribution is -2.57. The molecule has 0 aliphatic carbocycles. The second-order valence-corrected chi connectivity index (χ2v) is 7.94. The number of unbranched alkanes of at least 4 members (excludes halogenated alkanes) is 1. The van der Waals surface area contributed by atoms with E-state index in [1.54, 1.807) is 4.90 Å². The van der Waals surface area contributed by atoms with Crippen LogP contribution in [0.3, 0.4) is 0 Å². The molecule has 0 aromatic heterocycles. The van der Waals surface area contributed by atoms with Crippen molar-refractivity contribution in [2.24, 2.45) is 0 Å². The smallest absolute Gasteiger partial charge is 0.313 e. The summed E-state index contributed by atoms with van der Waals surface area (Å²) < 4.78 is 0. The van der Waals surface area contributed by atoms with Gasteiger partial charge in [-0.05, 0) is 32.0 Å². The van der Waals surface area contributed by atoms with Gasteiger partial charge < -0.3 is 19.6 Å². The van der Waals surface area contributed by atoms with Crippen molar-refractivity contribution < 1.29 is 14.4 Å². The lowest BCUT2D eigenvalue weighted by atomic mass is 10.0. The Morgan fingerprint density at radius 1 is 0.966 bits per heavy atom. The molecule has 3 rings (SSSR count). The number of amides is 3. The molecule has 7 heteroatoms. The van der Waals surface area contributed by atoms with Gasteiger partial charge in [-0.15, -0.1) is 0 Å². The maximum absolute atomic E-state index is 13.6. The van der Waals surface area contributed by atoms with Crippen molar-refractivity contribution in [1.29, 1.82) is 0 Å². The molecule has 158 valence electrons. The number of hydrogen-bond acceptors (Lipinski definition) is 4. The van der Waals surface area contributed by atoms with E-state index >= 15 is 0 Å². The van der Waals surface area contributed by atoms with Crippen molar-refractivity contribution in [2.75, 3.05) is 52.9 Å². The molecule has 0 radical (unpaired) electrons. The van der Waals surface area contributed by atoms with Gasteiger partial charge >= 0.3 is 11.8 Å². The molecule has 1 aromatic rings. The third kappa shape index (κ3) is 4.96. The minimum atomic E-state index is -0.746. The van der Waals surface area contributed by atoms with E-state index in [2.05, 4.69) is 18.9 Å². The zero-order valence-electron chi connectivity index (χ0n) is 17.5. The highest BCUT2D eigenvalue weighted by Gasteiger charge is 2.41. The van der Waals surface area contributed by atoms with Gasteiger partial charge in [-0.3, -0.25) is 14.4 Å². The summed E-state index contributed by atoms with van der Waals surface area (Å²) in [7, 11) is 2.06. The number of rotatable bonds is 6. The standard InChI is InChI=1S/C22H32N4O3/c1-3-4-12-25-16-17-26(22(29)21(25)28)19(18-9-6-5-7-10-18)20(27)24-13-8-11-23(2)14-15-24/h5-7,9-10,19H,3-4,8,11-17H2,1-2H3. The Morgan fingerprint density at radius 3 is 2.45 bits per heavy atom. The molecule has 2 saturated heterocycles. The second-order valence-electron chi connectivity index (χ2n) is 7.94. The van der Waals surface area contributed by atoms with Crippen molar-refractivity contribution in [3.63, 3.8) is 0 Å². The van der Waals surface area contributed by atoms with Crippen LogP contribution in [0.1, 0.15) is 37.8 Å². The van der Waals surface area contributed by atoms with Gasteiger partial charge in [0.15, 0.2) is 0 Å². The molecule has 2 aliphatic heterocycles. The predicted octanol–water partition coefficient (Wildman–Crippen LogP) is 1.36. The highest BCUT2D eigenvalue weighted by atomic mass is 16.2. The zero-order valence-corrected chi connectivity index (χ0v) is 17.5. The molecule has 1 unspecified atom stereocenters. The molecule has 1 aromatic carbocycles. The number of carbonyl (C=O) groups is 3. The van der Waals surface area contributed by atoms with Crippen LogP contribution in [-0.4, -0.2) is 90.2 Å². The first-order chi connectivity index (χ1) is 14.0. The average molecular weight is 401 g/mol. The summed E-state index contributed by atoms with van der Waals surface area (Å²) in [6.45, 7) is 6.58. The van der Waals surface area contributed by atoms with Crippen LogP contribution in [0, 0.1) is 0 Å². The van der Waals surface area contributed by atoms with E-state index in [1.165, 1.54) is 4.90 Å². The molecular weight excluding hydrogens is 368 g/mol. The maximum atomic E-state index is 13.6. The summed E-state index contributed by atoms with van der Waals surface area (Å²) in [6.07, 6.45) is 2.75. The van der Waals surface area contributed by atoms with Crippen LogP contribution in [0.4, 0.5) is 0 Å². The molecule has 0 N–H and O–H groups in total. The van der Waals surface area contributed by atoms with E-state index in [-0.39, 0.29) is 5.91 Å². The fourth-order valence-corrected chi connectivity index (χ4v) is 4.03. The highest BCUT2D eigenvalue weighted by Crippen LogP contribution is 2.26. The van der Waals surface area contributed by atoms with E-state index in [0.29, 0.717) is 32.7 Å². The van der Waals surface area contributed by atoms with Crippen molar-refractivity contribution in [3.8, 4) is 0 Å². The van der Waals surface area contributed by atoms with Gasteiger partial charge in [0.2, 0.25) is 5.91 Å². The lowest BCUT2D eigenvalue weighted by Gasteiger charge is -2.39.